The van der Waals surface area contributed by atoms with Gasteiger partial charge in [0.25, 0.3) is 0 Å². The SMILES string of the molecule is CNC(=O)NC(=O)C(C)N(CC(=O)OC)CC(=O)OC. The molecule has 9 nitrogen and oxygen atoms in total. The lowest BCUT2D eigenvalue weighted by molar-refractivity contribution is -0.147. The van der Waals surface area contributed by atoms with Crippen LogP contribution in [0, 0.1) is 0 Å². The van der Waals surface area contributed by atoms with Crippen molar-refractivity contribution in [3.63, 3.8) is 0 Å². The zero-order valence-electron chi connectivity index (χ0n) is 11.9. The molecule has 0 saturated carbocycles. The Balaban J connectivity index is 4.80. The van der Waals surface area contributed by atoms with E-state index in [2.05, 4.69) is 20.1 Å². The zero-order chi connectivity index (χ0) is 15.7. The summed E-state index contributed by atoms with van der Waals surface area (Å²) in [6.07, 6.45) is 0. The predicted octanol–water partition coefficient (Wildman–Crippen LogP) is -1.52. The molecule has 0 radical (unpaired) electrons. The summed E-state index contributed by atoms with van der Waals surface area (Å²) >= 11 is 0. The minimum absolute atomic E-state index is 0.284. The first-order valence-electron chi connectivity index (χ1n) is 5.76. The molecule has 0 heterocycles. The van der Waals surface area contributed by atoms with E-state index in [0.29, 0.717) is 0 Å². The first-order chi connectivity index (χ1) is 9.35. The maximum absolute atomic E-state index is 11.8. The maximum Gasteiger partial charge on any atom is 0.321 e. The van der Waals surface area contributed by atoms with Gasteiger partial charge < -0.3 is 14.8 Å². The van der Waals surface area contributed by atoms with E-state index in [1.54, 1.807) is 0 Å². The summed E-state index contributed by atoms with van der Waals surface area (Å²) in [6.45, 7) is 0.881. The molecule has 114 valence electrons. The number of rotatable bonds is 6. The van der Waals surface area contributed by atoms with Gasteiger partial charge in [-0.1, -0.05) is 0 Å². The van der Waals surface area contributed by atoms with Gasteiger partial charge >= 0.3 is 18.0 Å². The van der Waals surface area contributed by atoms with Crippen LogP contribution in [0.4, 0.5) is 4.79 Å². The molecule has 0 saturated heterocycles. The summed E-state index contributed by atoms with van der Waals surface area (Å²) in [5.41, 5.74) is 0. The van der Waals surface area contributed by atoms with E-state index in [1.165, 1.54) is 33.1 Å². The lowest BCUT2D eigenvalue weighted by Gasteiger charge is -2.25. The Kier molecular flexibility index (Phi) is 7.90. The van der Waals surface area contributed by atoms with Crippen LogP contribution < -0.4 is 10.6 Å². The van der Waals surface area contributed by atoms with E-state index in [4.69, 9.17) is 0 Å². The molecule has 0 aromatic heterocycles. The van der Waals surface area contributed by atoms with E-state index >= 15 is 0 Å². The van der Waals surface area contributed by atoms with Crippen molar-refractivity contribution >= 4 is 23.9 Å². The number of amides is 3. The highest BCUT2D eigenvalue weighted by Gasteiger charge is 2.27. The predicted molar refractivity (Wildman–Crippen MR) is 67.7 cm³/mol. The number of methoxy groups -OCH3 is 2. The molecule has 0 spiro atoms. The molecule has 1 atom stereocenters. The molecule has 0 aromatic rings. The topological polar surface area (TPSA) is 114 Å². The lowest BCUT2D eigenvalue weighted by atomic mass is 10.2. The number of ether oxygens (including phenoxy) is 2. The summed E-state index contributed by atoms with van der Waals surface area (Å²) in [7, 11) is 3.73. The van der Waals surface area contributed by atoms with E-state index in [0.717, 1.165) is 0 Å². The number of nitrogens with one attached hydrogen (secondary N) is 2. The molecule has 3 amide bonds. The van der Waals surface area contributed by atoms with E-state index < -0.39 is 29.9 Å². The molecule has 1 unspecified atom stereocenters. The molecule has 20 heavy (non-hydrogen) atoms. The number of urea groups is 1. The number of carbonyl (C=O) groups is 4. The third kappa shape index (κ3) is 6.14. The highest BCUT2D eigenvalue weighted by Crippen LogP contribution is 2.01. The molecule has 0 fully saturated rings. The van der Waals surface area contributed by atoms with Crippen LogP contribution in [0.5, 0.6) is 0 Å². The standard InChI is InChI=1S/C11H19N3O6/c1-7(10(17)13-11(18)12-2)14(5-8(15)19-3)6-9(16)20-4/h7H,5-6H2,1-4H3,(H2,12,13,17,18). The van der Waals surface area contributed by atoms with E-state index in [9.17, 15) is 19.2 Å². The molecule has 2 N–H and O–H groups in total. The first kappa shape index (κ1) is 17.8. The van der Waals surface area contributed by atoms with Crippen molar-refractivity contribution in [3.8, 4) is 0 Å². The Hall–Kier alpha value is -2.16. The Morgan fingerprint density at radius 2 is 1.50 bits per heavy atom. The van der Waals surface area contributed by atoms with Gasteiger partial charge in [0.05, 0.1) is 33.4 Å². The number of esters is 2. The lowest BCUT2D eigenvalue weighted by Crippen LogP contribution is -2.51. The molecule has 0 aliphatic carbocycles. The number of hydrogen-bond donors (Lipinski definition) is 2. The van der Waals surface area contributed by atoms with Gasteiger partial charge in [-0.05, 0) is 6.92 Å². The van der Waals surface area contributed by atoms with Gasteiger partial charge in [0, 0.05) is 7.05 Å². The number of hydrogen-bond acceptors (Lipinski definition) is 7. The maximum atomic E-state index is 11.8. The Morgan fingerprint density at radius 3 is 1.85 bits per heavy atom. The monoisotopic (exact) mass is 289 g/mol. The second kappa shape index (κ2) is 8.86. The molecular weight excluding hydrogens is 270 g/mol. The summed E-state index contributed by atoms with van der Waals surface area (Å²) < 4.78 is 8.97. The van der Waals surface area contributed by atoms with Crippen LogP contribution in [0.25, 0.3) is 0 Å². The van der Waals surface area contributed by atoms with Crippen molar-refractivity contribution in [2.45, 2.75) is 13.0 Å². The second-order valence-corrected chi connectivity index (χ2v) is 3.80. The van der Waals surface area contributed by atoms with E-state index in [-0.39, 0.29) is 13.1 Å². The minimum atomic E-state index is -0.898. The van der Waals surface area contributed by atoms with Gasteiger partial charge in [-0.25, -0.2) is 4.79 Å². The van der Waals surface area contributed by atoms with Gasteiger partial charge in [0.2, 0.25) is 5.91 Å². The third-order valence-corrected chi connectivity index (χ3v) is 2.51. The Bertz CT molecular complexity index is 366. The normalized spacial score (nSPS) is 11.4. The fourth-order valence-electron chi connectivity index (χ4n) is 1.24. The van der Waals surface area contributed by atoms with Crippen LogP contribution >= 0.6 is 0 Å². The van der Waals surface area contributed by atoms with Crippen molar-refractivity contribution < 1.29 is 28.7 Å². The fourth-order valence-corrected chi connectivity index (χ4v) is 1.24. The summed E-state index contributed by atoms with van der Waals surface area (Å²) in [5.74, 6) is -1.89. The highest BCUT2D eigenvalue weighted by molar-refractivity contribution is 5.97. The molecule has 0 aromatic carbocycles. The molecule has 9 heteroatoms. The number of carbonyl (C=O) groups excluding carboxylic acids is 4. The van der Waals surface area contributed by atoms with E-state index in [1.807, 2.05) is 0 Å². The molecule has 0 aliphatic heterocycles. The average molecular weight is 289 g/mol. The smallest absolute Gasteiger partial charge is 0.321 e. The van der Waals surface area contributed by atoms with Crippen LogP contribution in [-0.4, -0.2) is 69.2 Å². The van der Waals surface area contributed by atoms with Crippen LogP contribution in [0.2, 0.25) is 0 Å². The molecule has 0 aliphatic rings. The molecule has 0 rings (SSSR count). The summed E-state index contributed by atoms with van der Waals surface area (Å²) in [4.78, 5) is 46.6. The number of nitrogens with zero attached hydrogens (tertiary/aromatic N) is 1. The molecular formula is C11H19N3O6. The van der Waals surface area contributed by atoms with Crippen LogP contribution in [0.15, 0.2) is 0 Å². The minimum Gasteiger partial charge on any atom is -0.468 e. The van der Waals surface area contributed by atoms with Crippen LogP contribution in [-0.2, 0) is 23.9 Å². The Labute approximate surface area is 116 Å². The van der Waals surface area contributed by atoms with Gasteiger partial charge in [-0.15, -0.1) is 0 Å². The van der Waals surface area contributed by atoms with Crippen molar-refractivity contribution in [1.82, 2.24) is 15.5 Å². The van der Waals surface area contributed by atoms with Gasteiger partial charge in [-0.3, -0.25) is 24.6 Å². The average Bonchev–Trinajstić information content (AvgIpc) is 2.44. The van der Waals surface area contributed by atoms with Gasteiger partial charge in [-0.2, -0.15) is 0 Å². The summed E-state index contributed by atoms with van der Waals surface area (Å²) in [5, 5.41) is 4.28. The van der Waals surface area contributed by atoms with Crippen molar-refractivity contribution in [2.75, 3.05) is 34.4 Å². The number of imide groups is 1. The van der Waals surface area contributed by atoms with Crippen molar-refractivity contribution in [3.05, 3.63) is 0 Å². The second-order valence-electron chi connectivity index (χ2n) is 3.80. The first-order valence-corrected chi connectivity index (χ1v) is 5.76. The van der Waals surface area contributed by atoms with Crippen LogP contribution in [0.3, 0.4) is 0 Å². The third-order valence-electron chi connectivity index (χ3n) is 2.51. The summed E-state index contributed by atoms with van der Waals surface area (Å²) in [6, 6.07) is -1.58. The highest BCUT2D eigenvalue weighted by atomic mass is 16.5. The zero-order valence-corrected chi connectivity index (χ0v) is 11.9. The van der Waals surface area contributed by atoms with Crippen molar-refractivity contribution in [1.29, 1.82) is 0 Å². The van der Waals surface area contributed by atoms with Crippen LogP contribution in [0.1, 0.15) is 6.92 Å². The largest absolute Gasteiger partial charge is 0.468 e. The quantitative estimate of drug-likeness (QED) is 0.571. The van der Waals surface area contributed by atoms with Crippen molar-refractivity contribution in [2.24, 2.45) is 0 Å². The van der Waals surface area contributed by atoms with Gasteiger partial charge in [0.15, 0.2) is 0 Å². The van der Waals surface area contributed by atoms with Gasteiger partial charge in [0.1, 0.15) is 0 Å². The Morgan fingerprint density at radius 1 is 1.05 bits per heavy atom. The molecule has 0 bridgehead atoms. The fraction of sp³-hybridized carbons (Fsp3) is 0.636.